The van der Waals surface area contributed by atoms with Gasteiger partial charge in [0, 0.05) is 12.4 Å². The Labute approximate surface area is 96.6 Å². The lowest BCUT2D eigenvalue weighted by Gasteiger charge is -2.14. The zero-order valence-electron chi connectivity index (χ0n) is 8.84. The second-order valence-electron chi connectivity index (χ2n) is 4.98. The molecule has 2 aliphatic rings. The molecule has 0 aromatic heterocycles. The molecule has 15 heavy (non-hydrogen) atoms. The zero-order valence-corrected chi connectivity index (χ0v) is 10.4. The highest BCUT2D eigenvalue weighted by molar-refractivity contribution is 7.89. The average molecular weight is 252 g/mol. The molecule has 0 spiro atoms. The van der Waals surface area contributed by atoms with Crippen LogP contribution in [0.2, 0.25) is 0 Å². The van der Waals surface area contributed by atoms with Gasteiger partial charge in [-0.2, -0.15) is 0 Å². The highest BCUT2D eigenvalue weighted by Gasteiger charge is 2.42. The highest BCUT2D eigenvalue weighted by atomic mass is 35.5. The standard InChI is InChI=1S/C10H18ClNO2S/c11-6-5-10(3-4-10)8-12-15(13,14)7-9-1-2-9/h9,12H,1-8H2. The maximum Gasteiger partial charge on any atom is 0.211 e. The minimum atomic E-state index is -3.02. The zero-order chi connectivity index (χ0) is 10.9. The summed E-state index contributed by atoms with van der Waals surface area (Å²) in [7, 11) is -3.02. The predicted molar refractivity (Wildman–Crippen MR) is 61.5 cm³/mol. The molecule has 0 bridgehead atoms. The Morgan fingerprint density at radius 3 is 2.47 bits per heavy atom. The molecule has 0 atom stereocenters. The summed E-state index contributed by atoms with van der Waals surface area (Å²) in [4.78, 5) is 0. The second-order valence-corrected chi connectivity index (χ2v) is 7.21. The van der Waals surface area contributed by atoms with E-state index in [0.717, 1.165) is 32.1 Å². The van der Waals surface area contributed by atoms with E-state index in [4.69, 9.17) is 11.6 Å². The predicted octanol–water partition coefficient (Wildman–Crippen LogP) is 1.72. The monoisotopic (exact) mass is 251 g/mol. The molecule has 0 heterocycles. The molecule has 2 aliphatic carbocycles. The molecule has 0 unspecified atom stereocenters. The maximum atomic E-state index is 11.6. The summed E-state index contributed by atoms with van der Waals surface area (Å²) in [6, 6.07) is 0. The first-order valence-corrected chi connectivity index (χ1v) is 7.77. The molecule has 0 saturated heterocycles. The summed E-state index contributed by atoms with van der Waals surface area (Å²) in [5, 5.41) is 0. The molecule has 2 saturated carbocycles. The van der Waals surface area contributed by atoms with Crippen LogP contribution in [0, 0.1) is 11.3 Å². The van der Waals surface area contributed by atoms with Crippen molar-refractivity contribution >= 4 is 21.6 Å². The molecule has 3 nitrogen and oxygen atoms in total. The van der Waals surface area contributed by atoms with Crippen molar-refractivity contribution in [2.75, 3.05) is 18.2 Å². The third-order valence-corrected chi connectivity index (χ3v) is 5.08. The summed E-state index contributed by atoms with van der Waals surface area (Å²) in [5.74, 6) is 1.37. The molecule has 0 aromatic carbocycles. The first-order chi connectivity index (χ1) is 7.05. The third-order valence-electron chi connectivity index (χ3n) is 3.40. The van der Waals surface area contributed by atoms with Crippen LogP contribution < -0.4 is 4.72 Å². The number of alkyl halides is 1. The van der Waals surface area contributed by atoms with Crippen molar-refractivity contribution in [2.24, 2.45) is 11.3 Å². The smallest absolute Gasteiger partial charge is 0.211 e. The van der Waals surface area contributed by atoms with Crippen LogP contribution in [0.25, 0.3) is 0 Å². The second kappa shape index (κ2) is 4.22. The number of hydrogen-bond donors (Lipinski definition) is 1. The topological polar surface area (TPSA) is 46.2 Å². The van der Waals surface area contributed by atoms with Gasteiger partial charge in [-0.15, -0.1) is 11.6 Å². The molecular formula is C10H18ClNO2S. The van der Waals surface area contributed by atoms with Crippen molar-refractivity contribution in [1.29, 1.82) is 0 Å². The number of rotatable bonds is 7. The Hall–Kier alpha value is 0.200. The van der Waals surface area contributed by atoms with Gasteiger partial charge in [0.1, 0.15) is 0 Å². The Morgan fingerprint density at radius 2 is 2.00 bits per heavy atom. The molecule has 0 radical (unpaired) electrons. The van der Waals surface area contributed by atoms with Crippen LogP contribution in [0.4, 0.5) is 0 Å². The van der Waals surface area contributed by atoms with Gasteiger partial charge in [0.15, 0.2) is 0 Å². The van der Waals surface area contributed by atoms with E-state index in [1.54, 1.807) is 0 Å². The van der Waals surface area contributed by atoms with Gasteiger partial charge in [-0.1, -0.05) is 0 Å². The van der Waals surface area contributed by atoms with Gasteiger partial charge in [0.25, 0.3) is 0 Å². The lowest BCUT2D eigenvalue weighted by molar-refractivity contribution is 0.477. The van der Waals surface area contributed by atoms with Crippen molar-refractivity contribution in [1.82, 2.24) is 4.72 Å². The van der Waals surface area contributed by atoms with Crippen LogP contribution in [-0.2, 0) is 10.0 Å². The van der Waals surface area contributed by atoms with E-state index in [1.807, 2.05) is 0 Å². The highest BCUT2D eigenvalue weighted by Crippen LogP contribution is 2.48. The fourth-order valence-corrected chi connectivity index (χ4v) is 3.81. The Kier molecular flexibility index (Phi) is 3.29. The lowest BCUT2D eigenvalue weighted by atomic mass is 10.1. The Bertz CT molecular complexity index is 320. The van der Waals surface area contributed by atoms with Crippen LogP contribution in [0.1, 0.15) is 32.1 Å². The van der Waals surface area contributed by atoms with E-state index >= 15 is 0 Å². The first-order valence-electron chi connectivity index (χ1n) is 5.59. The van der Waals surface area contributed by atoms with Crippen molar-refractivity contribution in [3.05, 3.63) is 0 Å². The third kappa shape index (κ3) is 3.61. The molecule has 1 N–H and O–H groups in total. The number of nitrogens with one attached hydrogen (secondary N) is 1. The molecule has 88 valence electrons. The van der Waals surface area contributed by atoms with E-state index in [9.17, 15) is 8.42 Å². The van der Waals surface area contributed by atoms with Crippen molar-refractivity contribution < 1.29 is 8.42 Å². The van der Waals surface area contributed by atoms with Crippen molar-refractivity contribution in [2.45, 2.75) is 32.1 Å². The fraction of sp³-hybridized carbons (Fsp3) is 1.00. The number of halogens is 1. The van der Waals surface area contributed by atoms with Gasteiger partial charge in [0.05, 0.1) is 5.75 Å². The fourth-order valence-electron chi connectivity index (χ4n) is 1.81. The van der Waals surface area contributed by atoms with Gasteiger partial charge in [-0.3, -0.25) is 0 Å². The summed E-state index contributed by atoms with van der Waals surface area (Å²) < 4.78 is 26.0. The number of hydrogen-bond acceptors (Lipinski definition) is 2. The number of sulfonamides is 1. The van der Waals surface area contributed by atoms with E-state index in [2.05, 4.69) is 4.72 Å². The lowest BCUT2D eigenvalue weighted by Crippen LogP contribution is -2.32. The average Bonchev–Trinajstić information content (AvgIpc) is 3.00. The summed E-state index contributed by atoms with van der Waals surface area (Å²) in [6.45, 7) is 0.592. The van der Waals surface area contributed by atoms with Gasteiger partial charge < -0.3 is 0 Å². The molecule has 0 amide bonds. The minimum absolute atomic E-state index is 0.193. The van der Waals surface area contributed by atoms with Gasteiger partial charge in [-0.05, 0) is 43.4 Å². The Morgan fingerprint density at radius 1 is 1.33 bits per heavy atom. The largest absolute Gasteiger partial charge is 0.215 e. The van der Waals surface area contributed by atoms with Gasteiger partial charge >= 0.3 is 0 Å². The Balaban J connectivity index is 1.76. The van der Waals surface area contributed by atoms with Crippen LogP contribution in [0.5, 0.6) is 0 Å². The normalized spacial score (nSPS) is 24.1. The van der Waals surface area contributed by atoms with Crippen LogP contribution >= 0.6 is 11.6 Å². The van der Waals surface area contributed by atoms with Gasteiger partial charge in [-0.25, -0.2) is 13.1 Å². The van der Waals surface area contributed by atoms with E-state index < -0.39 is 10.0 Å². The van der Waals surface area contributed by atoms with E-state index in [0.29, 0.717) is 24.1 Å². The van der Waals surface area contributed by atoms with Gasteiger partial charge in [0.2, 0.25) is 10.0 Å². The summed E-state index contributed by atoms with van der Waals surface area (Å²) >= 11 is 5.69. The van der Waals surface area contributed by atoms with Crippen LogP contribution in [0.15, 0.2) is 0 Å². The molecule has 0 aromatic rings. The van der Waals surface area contributed by atoms with Crippen molar-refractivity contribution in [3.8, 4) is 0 Å². The first kappa shape index (κ1) is 11.7. The molecule has 2 rings (SSSR count). The van der Waals surface area contributed by atoms with Crippen LogP contribution in [0.3, 0.4) is 0 Å². The summed E-state index contributed by atoms with van der Waals surface area (Å²) in [5.41, 5.74) is 0.193. The van der Waals surface area contributed by atoms with E-state index in [1.165, 1.54) is 0 Å². The minimum Gasteiger partial charge on any atom is -0.215 e. The summed E-state index contributed by atoms with van der Waals surface area (Å²) in [6.07, 6.45) is 5.32. The maximum absolute atomic E-state index is 11.6. The molecular weight excluding hydrogens is 234 g/mol. The van der Waals surface area contributed by atoms with Crippen LogP contribution in [-0.4, -0.2) is 26.6 Å². The molecule has 0 aliphatic heterocycles. The quantitative estimate of drug-likeness (QED) is 0.701. The molecule has 5 heteroatoms. The SMILES string of the molecule is O=S(=O)(CC1CC1)NCC1(CCCl)CC1. The van der Waals surface area contributed by atoms with Crippen molar-refractivity contribution in [3.63, 3.8) is 0 Å². The van der Waals surface area contributed by atoms with E-state index in [-0.39, 0.29) is 5.41 Å². The molecule has 2 fully saturated rings.